The van der Waals surface area contributed by atoms with Crippen molar-refractivity contribution in [3.8, 4) is 45.3 Å². The van der Waals surface area contributed by atoms with Gasteiger partial charge in [-0.15, -0.1) is 48.5 Å². The summed E-state index contributed by atoms with van der Waals surface area (Å²) in [4.78, 5) is 4.64. The third-order valence-electron chi connectivity index (χ3n) is 18.3. The van der Waals surface area contributed by atoms with Crippen LogP contribution in [0.4, 0.5) is 34.1 Å². The monoisotopic (exact) mass is 2090 g/mol. The van der Waals surface area contributed by atoms with E-state index in [4.69, 9.17) is 18.9 Å². The molecule has 104 heavy (non-hydrogen) atoms. The Kier molecular flexibility index (Phi) is 37.0. The van der Waals surface area contributed by atoms with E-state index in [1.54, 1.807) is 0 Å². The maximum absolute atomic E-state index is 6.48. The average molecular weight is 2090 g/mol. The van der Waals surface area contributed by atoms with Crippen molar-refractivity contribution in [2.75, 3.05) is 9.80 Å². The molecule has 546 valence electrons. The number of anilines is 6. The van der Waals surface area contributed by atoms with Crippen molar-refractivity contribution < 1.29 is 98.1 Å². The molecule has 0 aliphatic heterocycles. The van der Waals surface area contributed by atoms with Crippen molar-refractivity contribution in [2.45, 2.75) is 185 Å². The van der Waals surface area contributed by atoms with Crippen LogP contribution < -0.4 is 28.7 Å². The van der Waals surface area contributed by atoms with Crippen molar-refractivity contribution in [2.24, 2.45) is 0 Å². The van der Waals surface area contributed by atoms with Crippen LogP contribution in [-0.2, 0) is 79.2 Å². The zero-order valence-electron chi connectivity index (χ0n) is 63.0. The molecule has 0 saturated carbocycles. The smallest absolute Gasteiger partial charge is 0.548 e. The quantitative estimate of drug-likeness (QED) is 0.0562. The first-order valence-electron chi connectivity index (χ1n) is 36.8. The second-order valence-corrected chi connectivity index (χ2v) is 25.8. The van der Waals surface area contributed by atoms with Crippen LogP contribution in [0.1, 0.15) is 160 Å². The van der Waals surface area contributed by atoms with Crippen LogP contribution in [0.5, 0.6) is 23.0 Å². The van der Waals surface area contributed by atoms with Crippen molar-refractivity contribution in [1.82, 2.24) is 0 Å². The summed E-state index contributed by atoms with van der Waals surface area (Å²) >= 11 is 0. The van der Waals surface area contributed by atoms with E-state index >= 15 is 0 Å². The largest absolute Gasteiger partial charge is 2.00 e. The number of unbranched alkanes of at least 4 members (excludes halogenated alkanes) is 4. The molecule has 0 aliphatic rings. The Morgan fingerprint density at radius 1 is 0.298 bits per heavy atom. The molecule has 0 spiro atoms. The van der Waals surface area contributed by atoms with Crippen LogP contribution in [-0.4, -0.2) is 24.4 Å². The first-order chi connectivity index (χ1) is 48.8. The summed E-state index contributed by atoms with van der Waals surface area (Å²) in [5, 5.41) is 14.4. The maximum Gasteiger partial charge on any atom is 2.00 e. The van der Waals surface area contributed by atoms with E-state index in [2.05, 4.69) is 290 Å². The molecule has 4 unspecified atom stereocenters. The second-order valence-electron chi connectivity index (χ2n) is 25.8. The third kappa shape index (κ3) is 20.5. The standard InChI is InChI=1S/C78H68N2O4.4C4H9.4Os/c1-9-49(5)81-59-33-19-29-55(45-59)79(56-30-20-34-60(46-56)82-50(6)10-2)69-43-41-67-73-63(69)37-23-39-65(73)75-71(53-25-15-13-16-26-53)76-66-40-24-38-64-70(44-42-68(74(64)66)78(76)72(77(67)75)54-27-17-14-18-28-54)80(57-31-21-35-61(47-57)83-51(7)11-3)58-32-22-36-62(48-58)84-52(8)12-4;4*1-3-4-2;;;;/h13-18,23-52H,9-12H2,1-8H3;4*1,3-4H2,2H3;;;;/q-4;4*-1;4*+2. The summed E-state index contributed by atoms with van der Waals surface area (Å²) in [6, 6.07) is 83.4. The molecule has 10 heteroatoms. The van der Waals surface area contributed by atoms with Crippen LogP contribution in [0.15, 0.2) is 194 Å². The first-order valence-corrected chi connectivity index (χ1v) is 36.8. The van der Waals surface area contributed by atoms with Crippen LogP contribution in [0, 0.1) is 52.0 Å². The van der Waals surface area contributed by atoms with Crippen molar-refractivity contribution in [1.29, 1.82) is 0 Å². The molecule has 0 bridgehead atoms. The van der Waals surface area contributed by atoms with Crippen LogP contribution >= 0.6 is 0 Å². The fourth-order valence-corrected chi connectivity index (χ4v) is 12.3. The molecule has 4 atom stereocenters. The van der Waals surface area contributed by atoms with Gasteiger partial charge in [-0.2, -0.15) is 74.2 Å². The van der Waals surface area contributed by atoms with Gasteiger partial charge in [0.25, 0.3) is 0 Å². The van der Waals surface area contributed by atoms with Gasteiger partial charge in [0.15, 0.2) is 0 Å². The number of rotatable bonds is 24. The number of fused-ring (bicyclic) bond motifs is 6. The summed E-state index contributed by atoms with van der Waals surface area (Å²) in [7, 11) is 0. The van der Waals surface area contributed by atoms with E-state index < -0.39 is 0 Å². The summed E-state index contributed by atoms with van der Waals surface area (Å²) in [5.74, 6) is 3.07. The minimum Gasteiger partial charge on any atom is -0.548 e. The normalized spacial score (nSPS) is 11.8. The minimum absolute atomic E-state index is 0. The van der Waals surface area contributed by atoms with Gasteiger partial charge in [0, 0.05) is 45.1 Å². The van der Waals surface area contributed by atoms with Gasteiger partial charge in [-0.25, -0.2) is 0 Å². The Labute approximate surface area is 676 Å². The number of nitrogens with zero attached hydrogens (tertiary/aromatic N) is 2. The molecule has 13 aromatic carbocycles. The molecule has 0 heterocycles. The predicted octanol–water partition coefficient (Wildman–Crippen LogP) is 28.1. The SMILES string of the molecule is CCC(C)Oc1c[c-]cc(N(c2c[c-]cc(OC(C)CC)c2)c2ccc3c4c(-c5ccccc5)c5c6ccc(N(c7c[c-]cc(OC(C)CC)c7)c7c[c-]cc(OC(C)CC)c7)c7cccc(c5c(-c5ccccc5)c4c4cccc2c43)c76)c1.[CH2-]CCC.[CH2-]CCC.[CH2-]CCC.[CH2-]CCC.[Os+2].[Os+2].[Os+2].[Os+2]. The van der Waals surface area contributed by atoms with Gasteiger partial charge in [0.1, 0.15) is 0 Å². The molecule has 0 N–H and O–H groups in total. The molecular formula is C94H104N2O4Os4. The topological polar surface area (TPSA) is 43.4 Å². The van der Waals surface area contributed by atoms with Gasteiger partial charge in [-0.05, 0) is 142 Å². The fourth-order valence-electron chi connectivity index (χ4n) is 12.3. The summed E-state index contributed by atoms with van der Waals surface area (Å²) in [5.41, 5.74) is 10.5. The first kappa shape index (κ1) is 87.9. The number of ether oxygens (including phenoxy) is 4. The van der Waals surface area contributed by atoms with E-state index in [9.17, 15) is 0 Å². The zero-order valence-corrected chi connectivity index (χ0v) is 73.2. The van der Waals surface area contributed by atoms with Gasteiger partial charge in [0.05, 0.1) is 24.4 Å². The van der Waals surface area contributed by atoms with Gasteiger partial charge < -0.3 is 56.4 Å². The second kappa shape index (κ2) is 43.8. The Bertz CT molecular complexity index is 4180. The molecule has 0 radical (unpaired) electrons. The molecule has 0 fully saturated rings. The Morgan fingerprint density at radius 3 is 0.779 bits per heavy atom. The molecule has 13 aromatic rings. The van der Waals surface area contributed by atoms with Gasteiger partial charge in [-0.3, -0.25) is 0 Å². The molecule has 0 amide bonds. The van der Waals surface area contributed by atoms with Crippen LogP contribution in [0.25, 0.3) is 86.9 Å². The predicted molar refractivity (Wildman–Crippen MR) is 432 cm³/mol. The van der Waals surface area contributed by atoms with Crippen LogP contribution in [0.2, 0.25) is 0 Å². The van der Waals surface area contributed by atoms with Gasteiger partial charge in [0.2, 0.25) is 0 Å². The fraction of sp³-hybridized carbons (Fsp3) is 0.298. The molecule has 0 aromatic heterocycles. The summed E-state index contributed by atoms with van der Waals surface area (Å²) < 4.78 is 25.9. The minimum atomic E-state index is 0. The van der Waals surface area contributed by atoms with Gasteiger partial charge in [-0.1, -0.05) is 213 Å². The molecule has 0 saturated heterocycles. The molecule has 0 aliphatic carbocycles. The van der Waals surface area contributed by atoms with Crippen molar-refractivity contribution in [3.05, 3.63) is 246 Å². The van der Waals surface area contributed by atoms with E-state index in [1.807, 2.05) is 48.5 Å². The summed E-state index contributed by atoms with van der Waals surface area (Å²) in [6.45, 7) is 39.9. The van der Waals surface area contributed by atoms with E-state index in [1.165, 1.54) is 90.7 Å². The van der Waals surface area contributed by atoms with E-state index in [0.29, 0.717) is 0 Å². The van der Waals surface area contributed by atoms with Crippen molar-refractivity contribution in [3.63, 3.8) is 0 Å². The summed E-state index contributed by atoms with van der Waals surface area (Å²) in [6.07, 6.45) is 12.8. The molecule has 6 nitrogen and oxygen atoms in total. The number of benzene rings is 11. The zero-order chi connectivity index (χ0) is 71.2. The number of hydrogen-bond donors (Lipinski definition) is 0. The Balaban J connectivity index is 0.000000886. The Morgan fingerprint density at radius 2 is 0.538 bits per heavy atom. The molecule has 13 rings (SSSR count). The third-order valence-corrected chi connectivity index (χ3v) is 18.3. The molecular weight excluding hydrogens is 1980 g/mol. The van der Waals surface area contributed by atoms with E-state index in [-0.39, 0.29) is 104 Å². The van der Waals surface area contributed by atoms with Crippen LogP contribution in [0.3, 0.4) is 0 Å². The van der Waals surface area contributed by atoms with E-state index in [0.717, 1.165) is 130 Å². The number of hydrogen-bond acceptors (Lipinski definition) is 6. The van der Waals surface area contributed by atoms with Crippen molar-refractivity contribution >= 4 is 98.8 Å². The maximum atomic E-state index is 6.48. The average Bonchev–Trinajstić information content (AvgIpc) is 1.51. The van der Waals surface area contributed by atoms with Gasteiger partial charge >= 0.3 is 79.2 Å². The Hall–Kier alpha value is -6.71.